The molecule has 3 aliphatic rings. The van der Waals surface area contributed by atoms with E-state index in [4.69, 9.17) is 9.47 Å². The quantitative estimate of drug-likeness (QED) is 0.655. The van der Waals surface area contributed by atoms with Crippen LogP contribution in [0.4, 0.5) is 0 Å². The Labute approximate surface area is 175 Å². The maximum absolute atomic E-state index is 12.4. The minimum atomic E-state index is 0.117. The highest BCUT2D eigenvalue weighted by molar-refractivity contribution is 5.77. The summed E-state index contributed by atoms with van der Waals surface area (Å²) in [5.41, 5.74) is 1.98. The SMILES string of the molecule is COCCOCC(=O)N1CCC(N2CC3(CCCCC3)C2c2ccccc2)CC1. The zero-order chi connectivity index (χ0) is 20.1. The van der Waals surface area contributed by atoms with E-state index in [0.717, 1.165) is 25.9 Å². The maximum Gasteiger partial charge on any atom is 0.248 e. The zero-order valence-electron chi connectivity index (χ0n) is 17.9. The highest BCUT2D eigenvalue weighted by Gasteiger charge is 2.54. The maximum atomic E-state index is 12.4. The largest absolute Gasteiger partial charge is 0.382 e. The standard InChI is InChI=1S/C24H36N2O3/c1-28-16-17-29-18-22(27)25-14-10-21(11-15-25)26-19-24(12-6-3-7-13-24)23(26)20-8-4-2-5-9-20/h2,4-5,8-9,21,23H,3,6-7,10-19H2,1H3. The van der Waals surface area contributed by atoms with E-state index in [0.29, 0.717) is 30.7 Å². The number of hydrogen-bond donors (Lipinski definition) is 0. The molecule has 1 aromatic rings. The molecule has 0 aromatic heterocycles. The summed E-state index contributed by atoms with van der Waals surface area (Å²) in [5.74, 6) is 0.117. The number of amides is 1. The molecule has 0 bridgehead atoms. The molecule has 2 saturated heterocycles. The fourth-order valence-corrected chi connectivity index (χ4v) is 5.83. The molecule has 1 saturated carbocycles. The molecule has 29 heavy (non-hydrogen) atoms. The van der Waals surface area contributed by atoms with Gasteiger partial charge in [-0.3, -0.25) is 9.69 Å². The smallest absolute Gasteiger partial charge is 0.248 e. The molecule has 4 rings (SSSR count). The van der Waals surface area contributed by atoms with E-state index >= 15 is 0 Å². The van der Waals surface area contributed by atoms with Crippen LogP contribution in [0.1, 0.15) is 56.6 Å². The van der Waals surface area contributed by atoms with Gasteiger partial charge in [-0.25, -0.2) is 0 Å². The number of rotatable bonds is 7. The van der Waals surface area contributed by atoms with Crippen LogP contribution in [0, 0.1) is 5.41 Å². The van der Waals surface area contributed by atoms with E-state index in [1.165, 1.54) is 44.2 Å². The van der Waals surface area contributed by atoms with Crippen molar-refractivity contribution < 1.29 is 14.3 Å². The van der Waals surface area contributed by atoms with E-state index in [-0.39, 0.29) is 12.5 Å². The van der Waals surface area contributed by atoms with Crippen LogP contribution in [-0.2, 0) is 14.3 Å². The first-order chi connectivity index (χ1) is 14.2. The molecule has 1 unspecified atom stereocenters. The number of hydrogen-bond acceptors (Lipinski definition) is 4. The Morgan fingerprint density at radius 2 is 1.79 bits per heavy atom. The summed E-state index contributed by atoms with van der Waals surface area (Å²) in [6, 6.07) is 12.3. The fourth-order valence-electron chi connectivity index (χ4n) is 5.83. The van der Waals surface area contributed by atoms with Crippen LogP contribution in [0.5, 0.6) is 0 Å². The van der Waals surface area contributed by atoms with E-state index in [2.05, 4.69) is 35.2 Å². The summed E-state index contributed by atoms with van der Waals surface area (Å²) < 4.78 is 10.4. The molecule has 1 amide bonds. The molecule has 3 fully saturated rings. The second kappa shape index (κ2) is 9.59. The predicted octanol–water partition coefficient (Wildman–Crippen LogP) is 3.65. The van der Waals surface area contributed by atoms with Crippen molar-refractivity contribution in [1.29, 1.82) is 0 Å². The minimum Gasteiger partial charge on any atom is -0.382 e. The van der Waals surface area contributed by atoms with Gasteiger partial charge in [-0.15, -0.1) is 0 Å². The third kappa shape index (κ3) is 4.52. The number of nitrogens with zero attached hydrogens (tertiary/aromatic N) is 2. The molecule has 1 atom stereocenters. The summed E-state index contributed by atoms with van der Waals surface area (Å²) in [5, 5.41) is 0. The van der Waals surface area contributed by atoms with Crippen molar-refractivity contribution in [3.8, 4) is 0 Å². The normalized spacial score (nSPS) is 25.1. The summed E-state index contributed by atoms with van der Waals surface area (Å²) in [4.78, 5) is 17.1. The van der Waals surface area contributed by atoms with Crippen LogP contribution in [0.3, 0.4) is 0 Å². The fraction of sp³-hybridized carbons (Fsp3) is 0.708. The lowest BCUT2D eigenvalue weighted by atomic mass is 9.60. The van der Waals surface area contributed by atoms with Crippen molar-refractivity contribution in [3.63, 3.8) is 0 Å². The van der Waals surface area contributed by atoms with Gasteiger partial charge in [0, 0.05) is 44.2 Å². The summed E-state index contributed by atoms with van der Waals surface area (Å²) in [7, 11) is 1.64. The lowest BCUT2D eigenvalue weighted by Crippen LogP contribution is -2.64. The molecule has 0 radical (unpaired) electrons. The summed E-state index contributed by atoms with van der Waals surface area (Å²) in [6.45, 7) is 4.13. The summed E-state index contributed by atoms with van der Waals surface area (Å²) >= 11 is 0. The molecule has 2 aliphatic heterocycles. The number of carbonyl (C=O) groups is 1. The molecule has 5 nitrogen and oxygen atoms in total. The van der Waals surface area contributed by atoms with E-state index < -0.39 is 0 Å². The highest BCUT2D eigenvalue weighted by atomic mass is 16.5. The van der Waals surface area contributed by atoms with Crippen molar-refractivity contribution in [1.82, 2.24) is 9.80 Å². The van der Waals surface area contributed by atoms with Gasteiger partial charge in [0.15, 0.2) is 0 Å². The molecule has 1 aromatic carbocycles. The Morgan fingerprint density at radius 1 is 1.07 bits per heavy atom. The minimum absolute atomic E-state index is 0.117. The molecule has 160 valence electrons. The topological polar surface area (TPSA) is 42.0 Å². The van der Waals surface area contributed by atoms with Gasteiger partial charge in [0.2, 0.25) is 5.91 Å². The number of carbonyl (C=O) groups excluding carboxylic acids is 1. The Bertz CT molecular complexity index is 651. The first-order valence-electron chi connectivity index (χ1n) is 11.4. The van der Waals surface area contributed by atoms with Gasteiger partial charge >= 0.3 is 0 Å². The van der Waals surface area contributed by atoms with Crippen LogP contribution in [0.15, 0.2) is 30.3 Å². The van der Waals surface area contributed by atoms with Crippen molar-refractivity contribution in [2.75, 3.05) is 46.6 Å². The van der Waals surface area contributed by atoms with Gasteiger partial charge in [-0.1, -0.05) is 49.6 Å². The second-order valence-corrected chi connectivity index (χ2v) is 9.07. The molecule has 1 aliphatic carbocycles. The molecular weight excluding hydrogens is 364 g/mol. The molecule has 0 N–H and O–H groups in total. The van der Waals surface area contributed by atoms with E-state index in [9.17, 15) is 4.79 Å². The lowest BCUT2D eigenvalue weighted by Gasteiger charge is -2.63. The van der Waals surface area contributed by atoms with Gasteiger partial charge in [0.05, 0.1) is 13.2 Å². The zero-order valence-corrected chi connectivity index (χ0v) is 17.9. The Balaban J connectivity index is 1.35. The van der Waals surface area contributed by atoms with Crippen molar-refractivity contribution in [2.45, 2.75) is 57.0 Å². The van der Waals surface area contributed by atoms with E-state index in [1.54, 1.807) is 7.11 Å². The van der Waals surface area contributed by atoms with Gasteiger partial charge in [-0.05, 0) is 31.2 Å². The highest BCUT2D eigenvalue weighted by Crippen LogP contribution is 2.58. The van der Waals surface area contributed by atoms with Gasteiger partial charge in [-0.2, -0.15) is 0 Å². The van der Waals surface area contributed by atoms with E-state index in [1.807, 2.05) is 4.90 Å². The number of benzene rings is 1. The monoisotopic (exact) mass is 400 g/mol. The van der Waals surface area contributed by atoms with Crippen molar-refractivity contribution in [2.24, 2.45) is 5.41 Å². The van der Waals surface area contributed by atoms with Crippen LogP contribution in [0.2, 0.25) is 0 Å². The third-order valence-electron chi connectivity index (χ3n) is 7.32. The van der Waals surface area contributed by atoms with Crippen molar-refractivity contribution in [3.05, 3.63) is 35.9 Å². The Kier molecular flexibility index (Phi) is 6.88. The average Bonchev–Trinajstić information content (AvgIpc) is 2.76. The number of methoxy groups -OCH3 is 1. The van der Waals surface area contributed by atoms with Crippen molar-refractivity contribution >= 4 is 5.91 Å². The van der Waals surface area contributed by atoms with Crippen LogP contribution in [-0.4, -0.2) is 68.3 Å². The second-order valence-electron chi connectivity index (χ2n) is 9.07. The first-order valence-corrected chi connectivity index (χ1v) is 11.4. The van der Waals surface area contributed by atoms with Crippen LogP contribution in [0.25, 0.3) is 0 Å². The van der Waals surface area contributed by atoms with Crippen LogP contribution < -0.4 is 0 Å². The number of piperidine rings is 1. The van der Waals surface area contributed by atoms with Gasteiger partial charge in [0.25, 0.3) is 0 Å². The summed E-state index contributed by atoms with van der Waals surface area (Å²) in [6.07, 6.45) is 9.06. The lowest BCUT2D eigenvalue weighted by molar-refractivity contribution is -0.146. The molecule has 5 heteroatoms. The van der Waals surface area contributed by atoms with Crippen LogP contribution >= 0.6 is 0 Å². The average molecular weight is 401 g/mol. The Hall–Kier alpha value is -1.43. The predicted molar refractivity (Wildman–Crippen MR) is 114 cm³/mol. The van der Waals surface area contributed by atoms with Gasteiger partial charge < -0.3 is 14.4 Å². The first kappa shape index (κ1) is 20.8. The number of likely N-dealkylation sites (tertiary alicyclic amines) is 2. The Morgan fingerprint density at radius 3 is 2.48 bits per heavy atom. The number of ether oxygens (including phenoxy) is 2. The molecule has 1 spiro atoms. The molecular formula is C24H36N2O3. The third-order valence-corrected chi connectivity index (χ3v) is 7.32. The molecule has 2 heterocycles. The van der Waals surface area contributed by atoms with Gasteiger partial charge in [0.1, 0.15) is 6.61 Å².